The number of hydrogen-bond donors (Lipinski definition) is 2. The number of nitrogens with zero attached hydrogens (tertiary/aromatic N) is 1. The minimum atomic E-state index is -3.09. The molecule has 2 aliphatic rings. The van der Waals surface area contributed by atoms with Crippen molar-refractivity contribution in [3.8, 4) is 0 Å². The summed E-state index contributed by atoms with van der Waals surface area (Å²) in [6, 6.07) is -1.33. The number of amides is 3. The molecule has 2 fully saturated rings. The summed E-state index contributed by atoms with van der Waals surface area (Å²) in [5.41, 5.74) is 2.18. The van der Waals surface area contributed by atoms with Crippen LogP contribution >= 0.6 is 0 Å². The first-order chi connectivity index (χ1) is 6.53. The molecule has 2 saturated heterocycles. The number of sulfone groups is 1. The van der Waals surface area contributed by atoms with Crippen molar-refractivity contribution in [2.24, 2.45) is 0 Å². The number of nitrogens with one attached hydrogen (secondary N) is 2. The Morgan fingerprint density at radius 1 is 1.50 bits per heavy atom. The van der Waals surface area contributed by atoms with E-state index in [1.807, 2.05) is 0 Å². The van der Waals surface area contributed by atoms with Gasteiger partial charge in [-0.1, -0.05) is 0 Å². The highest BCUT2D eigenvalue weighted by molar-refractivity contribution is 7.91. The minimum Gasteiger partial charge on any atom is -0.331 e. The van der Waals surface area contributed by atoms with Gasteiger partial charge in [0, 0.05) is 0 Å². The molecular weight excluding hydrogens is 210 g/mol. The number of hydrogen-bond acceptors (Lipinski definition) is 4. The van der Waals surface area contributed by atoms with Gasteiger partial charge in [0.05, 0.1) is 23.6 Å². The van der Waals surface area contributed by atoms with Crippen LogP contribution in [0.1, 0.15) is 0 Å². The quantitative estimate of drug-likeness (QED) is 0.408. The maximum absolute atomic E-state index is 11.2. The predicted molar refractivity (Wildman–Crippen MR) is 45.8 cm³/mol. The van der Waals surface area contributed by atoms with Gasteiger partial charge >= 0.3 is 6.03 Å². The molecule has 0 radical (unpaired) electrons. The lowest BCUT2D eigenvalue weighted by molar-refractivity contribution is -0.113. The normalized spacial score (nSPS) is 33.7. The zero-order valence-corrected chi connectivity index (χ0v) is 7.95. The highest BCUT2D eigenvalue weighted by atomic mass is 32.2. The fourth-order valence-corrected chi connectivity index (χ4v) is 3.70. The maximum atomic E-state index is 11.2. The first-order valence-electron chi connectivity index (χ1n) is 4.03. The molecule has 0 saturated carbocycles. The Hall–Kier alpha value is -1.31. The summed E-state index contributed by atoms with van der Waals surface area (Å²) < 4.78 is 22.4. The van der Waals surface area contributed by atoms with Crippen molar-refractivity contribution in [3.63, 3.8) is 0 Å². The standard InChI is InChI=1S/C6H9N3O4S/c10-3-7-9-5-2-14(12,13)1-4(5)8-6(9)11/h3-5H,1-2H2,(H,7,10)(H,8,11)/t4-,5+/m1/s1. The van der Waals surface area contributed by atoms with Crippen molar-refractivity contribution in [1.29, 1.82) is 0 Å². The monoisotopic (exact) mass is 219 g/mol. The zero-order valence-electron chi connectivity index (χ0n) is 7.13. The van der Waals surface area contributed by atoms with Gasteiger partial charge in [0.2, 0.25) is 6.41 Å². The molecule has 14 heavy (non-hydrogen) atoms. The number of carbonyl (C=O) groups is 2. The van der Waals surface area contributed by atoms with Crippen LogP contribution in [-0.4, -0.2) is 49.5 Å². The van der Waals surface area contributed by atoms with Gasteiger partial charge < -0.3 is 5.32 Å². The third-order valence-corrected chi connectivity index (χ3v) is 4.09. The van der Waals surface area contributed by atoms with Crippen LogP contribution in [0.25, 0.3) is 0 Å². The fourth-order valence-electron chi connectivity index (χ4n) is 1.81. The number of hydrazine groups is 1. The molecule has 2 rings (SSSR count). The zero-order chi connectivity index (χ0) is 10.3. The van der Waals surface area contributed by atoms with Gasteiger partial charge in [0.15, 0.2) is 9.84 Å². The van der Waals surface area contributed by atoms with Crippen LogP contribution in [0, 0.1) is 0 Å². The summed E-state index contributed by atoms with van der Waals surface area (Å²) in [6.45, 7) is 0. The van der Waals surface area contributed by atoms with Crippen LogP contribution < -0.4 is 10.7 Å². The molecule has 3 amide bonds. The van der Waals surface area contributed by atoms with E-state index in [1.54, 1.807) is 0 Å². The highest BCUT2D eigenvalue weighted by Crippen LogP contribution is 2.21. The predicted octanol–water partition coefficient (Wildman–Crippen LogP) is -2.16. The summed E-state index contributed by atoms with van der Waals surface area (Å²) in [5.74, 6) is -0.155. The van der Waals surface area contributed by atoms with Gasteiger partial charge in [-0.25, -0.2) is 18.2 Å². The summed E-state index contributed by atoms with van der Waals surface area (Å²) >= 11 is 0. The molecule has 8 heteroatoms. The third kappa shape index (κ3) is 1.31. The van der Waals surface area contributed by atoms with Crippen molar-refractivity contribution in [2.75, 3.05) is 11.5 Å². The van der Waals surface area contributed by atoms with Crippen LogP contribution in [0.4, 0.5) is 4.79 Å². The molecule has 2 N–H and O–H groups in total. The van der Waals surface area contributed by atoms with E-state index in [2.05, 4.69) is 10.7 Å². The Balaban J connectivity index is 2.21. The van der Waals surface area contributed by atoms with E-state index in [-0.39, 0.29) is 11.5 Å². The van der Waals surface area contributed by atoms with Crippen LogP contribution in [0.15, 0.2) is 0 Å². The average molecular weight is 219 g/mol. The largest absolute Gasteiger partial charge is 0.336 e. The van der Waals surface area contributed by atoms with E-state index >= 15 is 0 Å². The molecule has 7 nitrogen and oxygen atoms in total. The lowest BCUT2D eigenvalue weighted by Gasteiger charge is -2.18. The second kappa shape index (κ2) is 2.84. The maximum Gasteiger partial charge on any atom is 0.336 e. The Morgan fingerprint density at radius 2 is 2.21 bits per heavy atom. The van der Waals surface area contributed by atoms with E-state index in [9.17, 15) is 18.0 Å². The first kappa shape index (κ1) is 9.25. The van der Waals surface area contributed by atoms with E-state index in [1.165, 1.54) is 0 Å². The van der Waals surface area contributed by atoms with Gasteiger partial charge in [-0.3, -0.25) is 10.2 Å². The Kier molecular flexibility index (Phi) is 1.88. The van der Waals surface area contributed by atoms with Crippen molar-refractivity contribution in [3.05, 3.63) is 0 Å². The van der Waals surface area contributed by atoms with Gasteiger partial charge in [-0.15, -0.1) is 0 Å². The highest BCUT2D eigenvalue weighted by Gasteiger charge is 2.49. The second-order valence-corrected chi connectivity index (χ2v) is 5.47. The Labute approximate surface area is 80.3 Å². The molecular formula is C6H9N3O4S. The average Bonchev–Trinajstić information content (AvgIpc) is 2.47. The first-order valence-corrected chi connectivity index (χ1v) is 5.85. The molecule has 78 valence electrons. The summed E-state index contributed by atoms with van der Waals surface area (Å²) in [4.78, 5) is 21.4. The second-order valence-electron chi connectivity index (χ2n) is 3.32. The molecule has 0 aliphatic carbocycles. The molecule has 0 aromatic carbocycles. The fraction of sp³-hybridized carbons (Fsp3) is 0.667. The van der Waals surface area contributed by atoms with Crippen LogP contribution in [0.2, 0.25) is 0 Å². The number of fused-ring (bicyclic) bond motifs is 1. The van der Waals surface area contributed by atoms with E-state index < -0.39 is 28.0 Å². The number of rotatable bonds is 2. The Morgan fingerprint density at radius 3 is 2.86 bits per heavy atom. The molecule has 2 heterocycles. The van der Waals surface area contributed by atoms with E-state index in [0.29, 0.717) is 6.41 Å². The molecule has 2 aliphatic heterocycles. The van der Waals surface area contributed by atoms with Gasteiger partial charge in [0.25, 0.3) is 0 Å². The van der Waals surface area contributed by atoms with Crippen LogP contribution in [0.5, 0.6) is 0 Å². The SMILES string of the molecule is O=CNN1C(=O)N[C@@H]2CS(=O)(=O)C[C@@H]21. The van der Waals surface area contributed by atoms with Crippen LogP contribution in [-0.2, 0) is 14.6 Å². The summed E-state index contributed by atoms with van der Waals surface area (Å²) in [5, 5.41) is 3.52. The smallest absolute Gasteiger partial charge is 0.331 e. The molecule has 0 aromatic heterocycles. The van der Waals surface area contributed by atoms with E-state index in [4.69, 9.17) is 0 Å². The lowest BCUT2D eigenvalue weighted by Crippen LogP contribution is -2.46. The van der Waals surface area contributed by atoms with Crippen molar-refractivity contribution < 1.29 is 18.0 Å². The molecule has 2 atom stereocenters. The number of urea groups is 1. The molecule has 0 bridgehead atoms. The van der Waals surface area contributed by atoms with Gasteiger partial charge in [-0.05, 0) is 0 Å². The molecule has 0 spiro atoms. The molecule has 0 aromatic rings. The van der Waals surface area contributed by atoms with Crippen LogP contribution in [0.3, 0.4) is 0 Å². The molecule has 0 unspecified atom stereocenters. The third-order valence-electron chi connectivity index (χ3n) is 2.37. The minimum absolute atomic E-state index is 0.0551. The van der Waals surface area contributed by atoms with Crippen molar-refractivity contribution >= 4 is 22.3 Å². The van der Waals surface area contributed by atoms with Crippen molar-refractivity contribution in [1.82, 2.24) is 15.8 Å². The van der Waals surface area contributed by atoms with Gasteiger partial charge in [-0.2, -0.15) is 0 Å². The van der Waals surface area contributed by atoms with Gasteiger partial charge in [0.1, 0.15) is 0 Å². The topological polar surface area (TPSA) is 95.6 Å². The van der Waals surface area contributed by atoms with Crippen molar-refractivity contribution in [2.45, 2.75) is 12.1 Å². The summed E-state index contributed by atoms with van der Waals surface area (Å²) in [6.07, 6.45) is 0.354. The summed E-state index contributed by atoms with van der Waals surface area (Å²) in [7, 11) is -3.09. The van der Waals surface area contributed by atoms with E-state index in [0.717, 1.165) is 5.01 Å². The number of carbonyl (C=O) groups excluding carboxylic acids is 2. The Bertz CT molecular complexity index is 379. The lowest BCUT2D eigenvalue weighted by atomic mass is 10.2.